The highest BCUT2D eigenvalue weighted by Crippen LogP contribution is 2.20. The highest BCUT2D eigenvalue weighted by Gasteiger charge is 2.28. The number of carboxylic acids is 1. The van der Waals surface area contributed by atoms with E-state index in [-0.39, 0.29) is 25.1 Å². The second kappa shape index (κ2) is 8.36. The quantitative estimate of drug-likeness (QED) is 0.839. The molecule has 8 nitrogen and oxygen atoms in total. The summed E-state index contributed by atoms with van der Waals surface area (Å²) in [7, 11) is 3.29. The van der Waals surface area contributed by atoms with Crippen molar-refractivity contribution in [2.75, 3.05) is 39.1 Å². The van der Waals surface area contributed by atoms with E-state index >= 15 is 0 Å². The Hall–Kier alpha value is -2.77. The molecule has 2 rings (SSSR count). The zero-order valence-electron chi connectivity index (χ0n) is 14.4. The van der Waals surface area contributed by atoms with Crippen molar-refractivity contribution in [1.29, 1.82) is 0 Å². The summed E-state index contributed by atoms with van der Waals surface area (Å²) < 4.78 is 5.41. The molecule has 1 saturated heterocycles. The van der Waals surface area contributed by atoms with Gasteiger partial charge >= 0.3 is 12.0 Å². The lowest BCUT2D eigenvalue weighted by Gasteiger charge is -2.30. The van der Waals surface area contributed by atoms with Crippen LogP contribution in [0.4, 0.5) is 10.5 Å². The Kier molecular flexibility index (Phi) is 6.21. The summed E-state index contributed by atoms with van der Waals surface area (Å²) in [4.78, 5) is 37.9. The number of rotatable bonds is 5. The van der Waals surface area contributed by atoms with Gasteiger partial charge in [0, 0.05) is 38.9 Å². The van der Waals surface area contributed by atoms with Gasteiger partial charge in [-0.2, -0.15) is 0 Å². The van der Waals surface area contributed by atoms with Crippen LogP contribution in [0.25, 0.3) is 0 Å². The van der Waals surface area contributed by atoms with E-state index < -0.39 is 11.9 Å². The molecule has 2 N–H and O–H groups in total. The molecule has 1 atom stereocenters. The summed E-state index contributed by atoms with van der Waals surface area (Å²) in [6.07, 6.45) is 1.25. The highest BCUT2D eigenvalue weighted by molar-refractivity contribution is 5.90. The average molecular weight is 349 g/mol. The fourth-order valence-electron chi connectivity index (χ4n) is 2.50. The maximum atomic E-state index is 12.3. The minimum absolute atomic E-state index is 0.0865. The second-order valence-corrected chi connectivity index (χ2v) is 6.16. The number of carbonyl (C=O) groups is 3. The zero-order chi connectivity index (χ0) is 18.4. The molecule has 0 spiro atoms. The number of likely N-dealkylation sites (tertiary alicyclic amines) is 1. The first-order chi connectivity index (χ1) is 11.9. The first-order valence-electron chi connectivity index (χ1n) is 8.08. The van der Waals surface area contributed by atoms with Crippen LogP contribution in [0.15, 0.2) is 24.3 Å². The molecule has 3 amide bonds. The molecule has 0 aromatic heterocycles. The van der Waals surface area contributed by atoms with Crippen LogP contribution in [0, 0.1) is 5.92 Å². The van der Waals surface area contributed by atoms with E-state index in [1.54, 1.807) is 38.4 Å². The number of urea groups is 1. The van der Waals surface area contributed by atoms with Crippen molar-refractivity contribution >= 4 is 23.6 Å². The molecular formula is C17H23N3O5. The number of benzene rings is 1. The van der Waals surface area contributed by atoms with E-state index in [0.717, 1.165) is 0 Å². The van der Waals surface area contributed by atoms with Gasteiger partial charge in [0.15, 0.2) is 6.61 Å². The van der Waals surface area contributed by atoms with Gasteiger partial charge in [0.2, 0.25) is 0 Å². The van der Waals surface area contributed by atoms with Gasteiger partial charge in [-0.1, -0.05) is 6.07 Å². The molecule has 0 aliphatic carbocycles. The predicted octanol–water partition coefficient (Wildman–Crippen LogP) is 1.48. The summed E-state index contributed by atoms with van der Waals surface area (Å²) in [5, 5.41) is 11.8. The summed E-state index contributed by atoms with van der Waals surface area (Å²) >= 11 is 0. The number of hydrogen-bond acceptors (Lipinski definition) is 4. The van der Waals surface area contributed by atoms with Gasteiger partial charge in [-0.3, -0.25) is 9.59 Å². The van der Waals surface area contributed by atoms with Crippen LogP contribution >= 0.6 is 0 Å². The Bertz CT molecular complexity index is 647. The average Bonchev–Trinajstić information content (AvgIpc) is 2.60. The van der Waals surface area contributed by atoms with Crippen LogP contribution in [0.3, 0.4) is 0 Å². The maximum Gasteiger partial charge on any atom is 0.321 e. The van der Waals surface area contributed by atoms with E-state index in [1.807, 2.05) is 0 Å². The molecule has 1 aromatic carbocycles. The van der Waals surface area contributed by atoms with Gasteiger partial charge in [-0.25, -0.2) is 4.79 Å². The number of aliphatic carboxylic acids is 1. The fraction of sp³-hybridized carbons (Fsp3) is 0.471. The molecule has 8 heteroatoms. The standard InChI is InChI=1S/C17H23N3O5/c1-19(2)15(21)11-25-14-7-3-6-13(9-14)18-17(24)20-8-4-5-12(10-20)16(22)23/h3,6-7,9,12H,4-5,8,10-11H2,1-2H3,(H,18,24)(H,22,23). The lowest BCUT2D eigenvalue weighted by molar-refractivity contribution is -0.143. The summed E-state index contributed by atoms with van der Waals surface area (Å²) in [6, 6.07) is 6.39. The lowest BCUT2D eigenvalue weighted by Crippen LogP contribution is -2.44. The van der Waals surface area contributed by atoms with Crippen LogP contribution in [-0.2, 0) is 9.59 Å². The van der Waals surface area contributed by atoms with E-state index in [4.69, 9.17) is 9.84 Å². The summed E-state index contributed by atoms with van der Waals surface area (Å²) in [6.45, 7) is 0.647. The van der Waals surface area contributed by atoms with Crippen LogP contribution in [0.5, 0.6) is 5.75 Å². The number of carboxylic acid groups (broad SMARTS) is 1. The van der Waals surface area contributed by atoms with Crippen LogP contribution in [-0.4, -0.2) is 66.6 Å². The zero-order valence-corrected chi connectivity index (χ0v) is 14.4. The first-order valence-corrected chi connectivity index (χ1v) is 8.08. The van der Waals surface area contributed by atoms with Crippen molar-refractivity contribution in [3.05, 3.63) is 24.3 Å². The summed E-state index contributed by atoms with van der Waals surface area (Å²) in [5.74, 6) is -1.10. The number of ether oxygens (including phenoxy) is 1. The predicted molar refractivity (Wildman–Crippen MR) is 91.6 cm³/mol. The van der Waals surface area contributed by atoms with Crippen LogP contribution in [0.1, 0.15) is 12.8 Å². The molecule has 1 heterocycles. The topological polar surface area (TPSA) is 99.2 Å². The Balaban J connectivity index is 1.93. The van der Waals surface area contributed by atoms with Crippen molar-refractivity contribution in [3.8, 4) is 5.75 Å². The molecular weight excluding hydrogens is 326 g/mol. The van der Waals surface area contributed by atoms with Gasteiger partial charge in [0.05, 0.1) is 5.92 Å². The first kappa shape index (κ1) is 18.6. The van der Waals surface area contributed by atoms with Gasteiger partial charge in [0.1, 0.15) is 5.75 Å². The number of carbonyl (C=O) groups excluding carboxylic acids is 2. The molecule has 0 bridgehead atoms. The molecule has 25 heavy (non-hydrogen) atoms. The number of likely N-dealkylation sites (N-methyl/N-ethyl adjacent to an activating group) is 1. The van der Waals surface area contributed by atoms with Crippen molar-refractivity contribution in [1.82, 2.24) is 9.80 Å². The Morgan fingerprint density at radius 3 is 2.80 bits per heavy atom. The monoisotopic (exact) mass is 349 g/mol. The van der Waals surface area contributed by atoms with Gasteiger partial charge in [-0.15, -0.1) is 0 Å². The molecule has 1 aliphatic heterocycles. The molecule has 0 saturated carbocycles. The van der Waals surface area contributed by atoms with Crippen LogP contribution in [0.2, 0.25) is 0 Å². The van der Waals surface area contributed by atoms with E-state index in [2.05, 4.69) is 5.32 Å². The Morgan fingerprint density at radius 2 is 2.12 bits per heavy atom. The molecule has 1 fully saturated rings. The second-order valence-electron chi connectivity index (χ2n) is 6.16. The lowest BCUT2D eigenvalue weighted by atomic mass is 9.99. The normalized spacial score (nSPS) is 16.9. The maximum absolute atomic E-state index is 12.3. The number of nitrogens with zero attached hydrogens (tertiary/aromatic N) is 2. The Labute approximate surface area is 146 Å². The SMILES string of the molecule is CN(C)C(=O)COc1cccc(NC(=O)N2CCCC(C(=O)O)C2)c1. The molecule has 0 radical (unpaired) electrons. The Morgan fingerprint density at radius 1 is 1.36 bits per heavy atom. The largest absolute Gasteiger partial charge is 0.484 e. The van der Waals surface area contributed by atoms with Gasteiger partial charge in [-0.05, 0) is 25.0 Å². The van der Waals surface area contributed by atoms with E-state index in [9.17, 15) is 14.4 Å². The minimum atomic E-state index is -0.876. The van der Waals surface area contributed by atoms with Crippen molar-refractivity contribution < 1.29 is 24.2 Å². The van der Waals surface area contributed by atoms with E-state index in [1.165, 1.54) is 9.80 Å². The molecule has 1 aromatic rings. The van der Waals surface area contributed by atoms with E-state index in [0.29, 0.717) is 30.8 Å². The molecule has 1 unspecified atom stereocenters. The number of piperidine rings is 1. The van der Waals surface area contributed by atoms with Crippen molar-refractivity contribution in [2.24, 2.45) is 5.92 Å². The third-order valence-electron chi connectivity index (χ3n) is 4.00. The number of hydrogen-bond donors (Lipinski definition) is 2. The van der Waals surface area contributed by atoms with Gasteiger partial charge < -0.3 is 25.0 Å². The number of nitrogens with one attached hydrogen (secondary N) is 1. The fourth-order valence-corrected chi connectivity index (χ4v) is 2.50. The third-order valence-corrected chi connectivity index (χ3v) is 4.00. The molecule has 136 valence electrons. The number of anilines is 1. The van der Waals surface area contributed by atoms with Crippen LogP contribution < -0.4 is 10.1 Å². The molecule has 1 aliphatic rings. The third kappa shape index (κ3) is 5.37. The van der Waals surface area contributed by atoms with Crippen molar-refractivity contribution in [2.45, 2.75) is 12.8 Å². The van der Waals surface area contributed by atoms with Gasteiger partial charge in [0.25, 0.3) is 5.91 Å². The smallest absolute Gasteiger partial charge is 0.321 e. The van der Waals surface area contributed by atoms with Crippen molar-refractivity contribution in [3.63, 3.8) is 0 Å². The summed E-state index contributed by atoms with van der Waals surface area (Å²) in [5.41, 5.74) is 0.525. The minimum Gasteiger partial charge on any atom is -0.484 e. The number of amides is 3. The highest BCUT2D eigenvalue weighted by atomic mass is 16.5.